The van der Waals surface area contributed by atoms with E-state index in [1.165, 1.54) is 49.4 Å². The highest BCUT2D eigenvalue weighted by molar-refractivity contribution is 14.1. The van der Waals surface area contributed by atoms with Crippen LogP contribution >= 0.6 is 22.6 Å². The maximum Gasteiger partial charge on any atom is 0.167 e. The molecule has 2 nitrogen and oxygen atoms in total. The molecule has 0 aliphatic heterocycles. The van der Waals surface area contributed by atoms with Crippen LogP contribution < -0.4 is 0 Å². The van der Waals surface area contributed by atoms with Gasteiger partial charge in [-0.05, 0) is 56.3 Å². The Morgan fingerprint density at radius 3 is 2.19 bits per heavy atom. The number of halogens is 1. The molecule has 0 amide bonds. The molecule has 27 heavy (non-hydrogen) atoms. The van der Waals surface area contributed by atoms with Crippen LogP contribution in [0.25, 0.3) is 0 Å². The summed E-state index contributed by atoms with van der Waals surface area (Å²) < 4.78 is 7.18. The van der Waals surface area contributed by atoms with E-state index in [1.807, 2.05) is 20.8 Å². The van der Waals surface area contributed by atoms with Crippen LogP contribution in [-0.4, -0.2) is 16.8 Å². The number of carbonyl (C=O) groups is 1. The van der Waals surface area contributed by atoms with Gasteiger partial charge in [-0.15, -0.1) is 0 Å². The van der Waals surface area contributed by atoms with Gasteiger partial charge in [-0.25, -0.2) is 0 Å². The lowest BCUT2D eigenvalue weighted by molar-refractivity contribution is -0.124. The number of unbranched alkanes of at least 4 members (excludes halogenated alkanes) is 7. The van der Waals surface area contributed by atoms with Crippen LogP contribution in [0.2, 0.25) is 0 Å². The molecule has 1 rings (SSSR count). The molecule has 0 N–H and O–H groups in total. The van der Waals surface area contributed by atoms with Gasteiger partial charge in [0, 0.05) is 17.4 Å². The summed E-state index contributed by atoms with van der Waals surface area (Å²) in [7, 11) is 0. The lowest BCUT2D eigenvalue weighted by Crippen LogP contribution is -2.30. The van der Waals surface area contributed by atoms with Crippen molar-refractivity contribution in [3.8, 4) is 0 Å². The fourth-order valence-corrected chi connectivity index (χ4v) is 3.88. The predicted octanol–water partition coefficient (Wildman–Crippen LogP) is 7.72. The Kier molecular flexibility index (Phi) is 13.1. The third-order valence-corrected chi connectivity index (χ3v) is 6.04. The minimum Gasteiger partial charge on any atom is -0.498 e. The monoisotopic (exact) mass is 486 g/mol. The number of ketones is 1. The van der Waals surface area contributed by atoms with Gasteiger partial charge in [0.15, 0.2) is 5.78 Å². The van der Waals surface area contributed by atoms with E-state index in [1.54, 1.807) is 0 Å². The molecule has 0 aromatic heterocycles. The summed E-state index contributed by atoms with van der Waals surface area (Å²) in [5, 5.41) is 0. The predicted molar refractivity (Wildman–Crippen MR) is 125 cm³/mol. The molecule has 1 aliphatic carbocycles. The molecule has 3 heteroatoms. The highest BCUT2D eigenvalue weighted by Gasteiger charge is 2.34. The molecule has 154 valence electrons. The highest BCUT2D eigenvalue weighted by Crippen LogP contribution is 2.35. The van der Waals surface area contributed by atoms with Gasteiger partial charge in [0.1, 0.15) is 5.76 Å². The van der Waals surface area contributed by atoms with Crippen LogP contribution in [0.3, 0.4) is 0 Å². The summed E-state index contributed by atoms with van der Waals surface area (Å²) in [6, 6.07) is 0. The summed E-state index contributed by atoms with van der Waals surface area (Å²) >= 11 is 2.45. The van der Waals surface area contributed by atoms with Crippen molar-refractivity contribution in [1.82, 2.24) is 0 Å². The normalized spacial score (nSPS) is 17.4. The number of ether oxygens (including phenoxy) is 1. The minimum atomic E-state index is -0.214. The van der Waals surface area contributed by atoms with Crippen molar-refractivity contribution in [3.63, 3.8) is 0 Å². The van der Waals surface area contributed by atoms with Crippen molar-refractivity contribution in [3.05, 3.63) is 35.6 Å². The first-order chi connectivity index (χ1) is 13.0. The number of Topliss-reactive ketones (excluding diaryl/α,β-unsaturated/α-hetero) is 1. The zero-order valence-electron chi connectivity index (χ0n) is 17.7. The Labute approximate surface area is 181 Å². The number of carbonyl (C=O) groups excluding carboxylic acids is 1. The molecule has 0 fully saturated rings. The van der Waals surface area contributed by atoms with Crippen molar-refractivity contribution in [2.24, 2.45) is 5.41 Å². The second kappa shape index (κ2) is 14.4. The Bertz CT molecular complexity index is 514. The third-order valence-electron chi connectivity index (χ3n) is 5.28. The van der Waals surface area contributed by atoms with Crippen LogP contribution in [0.5, 0.6) is 0 Å². The van der Waals surface area contributed by atoms with Gasteiger partial charge < -0.3 is 4.74 Å². The van der Waals surface area contributed by atoms with E-state index in [-0.39, 0.29) is 11.2 Å². The number of alkyl halides is 1. The number of hydrogen-bond acceptors (Lipinski definition) is 2. The molecule has 0 aromatic rings. The zero-order valence-corrected chi connectivity index (χ0v) is 19.9. The van der Waals surface area contributed by atoms with E-state index >= 15 is 0 Å². The average Bonchev–Trinajstić information content (AvgIpc) is 2.65. The molecule has 0 unspecified atom stereocenters. The molecule has 0 saturated heterocycles. The lowest BCUT2D eigenvalue weighted by atomic mass is 9.76. The van der Waals surface area contributed by atoms with E-state index in [9.17, 15) is 4.79 Å². The van der Waals surface area contributed by atoms with Crippen molar-refractivity contribution >= 4 is 28.4 Å². The Morgan fingerprint density at radius 1 is 0.963 bits per heavy atom. The SMILES string of the molecule is CC1=C(OCCCCCC/C=C/C=C/CCCCCI)CCC(C)(C)C1=O. The molecule has 0 atom stereocenters. The minimum absolute atomic E-state index is 0.214. The van der Waals surface area contributed by atoms with Crippen molar-refractivity contribution in [2.45, 2.75) is 91.4 Å². The molecule has 0 heterocycles. The second-order valence-corrected chi connectivity index (χ2v) is 9.29. The molecular formula is C24H39IO2. The zero-order chi connectivity index (χ0) is 20.0. The van der Waals surface area contributed by atoms with Gasteiger partial charge in [-0.1, -0.05) is 80.0 Å². The average molecular weight is 486 g/mol. The molecular weight excluding hydrogens is 447 g/mol. The molecule has 0 bridgehead atoms. The van der Waals surface area contributed by atoms with Gasteiger partial charge in [0.05, 0.1) is 6.61 Å². The second-order valence-electron chi connectivity index (χ2n) is 8.21. The maximum absolute atomic E-state index is 12.3. The van der Waals surface area contributed by atoms with Crippen molar-refractivity contribution in [1.29, 1.82) is 0 Å². The summed E-state index contributed by atoms with van der Waals surface area (Å²) in [5.74, 6) is 1.19. The van der Waals surface area contributed by atoms with Gasteiger partial charge in [-0.3, -0.25) is 4.79 Å². The van der Waals surface area contributed by atoms with Crippen LogP contribution in [0, 0.1) is 5.41 Å². The van der Waals surface area contributed by atoms with Crippen molar-refractivity contribution < 1.29 is 9.53 Å². The fourth-order valence-electron chi connectivity index (χ4n) is 3.34. The Hall–Kier alpha value is -0.580. The van der Waals surface area contributed by atoms with Crippen molar-refractivity contribution in [2.75, 3.05) is 11.0 Å². The van der Waals surface area contributed by atoms with E-state index in [4.69, 9.17) is 4.74 Å². The molecule has 1 aliphatic rings. The summed E-state index contributed by atoms with van der Waals surface area (Å²) in [4.78, 5) is 12.3. The Balaban J connectivity index is 2.00. The van der Waals surface area contributed by atoms with Crippen LogP contribution in [0.4, 0.5) is 0 Å². The first-order valence-corrected chi connectivity index (χ1v) is 12.3. The third kappa shape index (κ3) is 10.5. The van der Waals surface area contributed by atoms with E-state index in [0.29, 0.717) is 0 Å². The van der Waals surface area contributed by atoms with Crippen LogP contribution in [-0.2, 0) is 9.53 Å². The van der Waals surface area contributed by atoms with Gasteiger partial charge in [0.25, 0.3) is 0 Å². The van der Waals surface area contributed by atoms with Crippen LogP contribution in [0.1, 0.15) is 91.4 Å². The molecule has 0 saturated carbocycles. The van der Waals surface area contributed by atoms with Gasteiger partial charge in [0.2, 0.25) is 0 Å². The highest BCUT2D eigenvalue weighted by atomic mass is 127. The van der Waals surface area contributed by atoms with Gasteiger partial charge >= 0.3 is 0 Å². The smallest absolute Gasteiger partial charge is 0.167 e. The summed E-state index contributed by atoms with van der Waals surface area (Å²) in [5.41, 5.74) is 0.628. The number of rotatable bonds is 14. The summed E-state index contributed by atoms with van der Waals surface area (Å²) in [6.45, 7) is 6.74. The first kappa shape index (κ1) is 24.5. The van der Waals surface area contributed by atoms with E-state index in [0.717, 1.165) is 43.6 Å². The standard InChI is InChI=1S/C24H39IO2/c1-21-22(17-18-24(2,3)23(21)26)27-20-16-14-12-10-8-6-4-5-7-9-11-13-15-19-25/h4-7H,8-20H2,1-3H3/b6-4+,7-5+. The van der Waals surface area contributed by atoms with Gasteiger partial charge in [-0.2, -0.15) is 0 Å². The first-order valence-electron chi connectivity index (χ1n) is 10.7. The number of allylic oxidation sites excluding steroid dienone is 6. The van der Waals surface area contributed by atoms with Crippen LogP contribution in [0.15, 0.2) is 35.6 Å². The largest absolute Gasteiger partial charge is 0.498 e. The lowest BCUT2D eigenvalue weighted by Gasteiger charge is -2.30. The maximum atomic E-state index is 12.3. The number of hydrogen-bond donors (Lipinski definition) is 0. The molecule has 0 spiro atoms. The summed E-state index contributed by atoms with van der Waals surface area (Å²) in [6.07, 6.45) is 21.9. The molecule has 0 aromatic carbocycles. The Morgan fingerprint density at radius 2 is 1.56 bits per heavy atom. The topological polar surface area (TPSA) is 26.3 Å². The quantitative estimate of drug-likeness (QED) is 0.109. The van der Waals surface area contributed by atoms with E-state index < -0.39 is 0 Å². The molecule has 0 radical (unpaired) electrons. The van der Waals surface area contributed by atoms with E-state index in [2.05, 4.69) is 46.9 Å². The fraction of sp³-hybridized carbons (Fsp3) is 0.708.